The van der Waals surface area contributed by atoms with Crippen molar-refractivity contribution in [2.24, 2.45) is 5.41 Å². The van der Waals surface area contributed by atoms with Crippen LogP contribution in [0.1, 0.15) is 48.5 Å². The fraction of sp³-hybridized carbons (Fsp3) is 0.917. The first-order valence-corrected chi connectivity index (χ1v) is 4.65. The highest BCUT2D eigenvalue weighted by atomic mass is 19.1. The van der Waals surface area contributed by atoms with Crippen LogP contribution in [-0.4, -0.2) is 26.4 Å². The number of halogens is 2. The van der Waals surface area contributed by atoms with Crippen molar-refractivity contribution in [1.29, 1.82) is 0 Å². The standard InChI is InChI=1S/C9H17FO2.CH3F.2CH4/c1-4-9(2,3)8(11)12-7-5-6-10;1-2;;/h4-7H2,1-3H3;1H3;2*1H4. The molecule has 0 unspecified atom stereocenters. The molecule has 0 aromatic rings. The first-order chi connectivity index (χ1) is 6.54. The lowest BCUT2D eigenvalue weighted by molar-refractivity contribution is -0.154. The minimum absolute atomic E-state index is 0. The molecule has 0 heterocycles. The molecule has 102 valence electrons. The van der Waals surface area contributed by atoms with Gasteiger partial charge >= 0.3 is 5.97 Å². The van der Waals surface area contributed by atoms with Gasteiger partial charge in [-0.3, -0.25) is 13.6 Å². The summed E-state index contributed by atoms with van der Waals surface area (Å²) in [5.74, 6) is -0.238. The van der Waals surface area contributed by atoms with Gasteiger partial charge in [-0.15, -0.1) is 0 Å². The zero-order valence-electron chi connectivity index (χ0n) is 9.40. The second-order valence-electron chi connectivity index (χ2n) is 3.42. The molecule has 0 saturated heterocycles. The van der Waals surface area contributed by atoms with E-state index in [1.54, 1.807) is 0 Å². The predicted octanol–water partition coefficient (Wildman–Crippen LogP) is 4.18. The van der Waals surface area contributed by atoms with Gasteiger partial charge in [0.05, 0.1) is 25.9 Å². The first kappa shape index (κ1) is 24.5. The van der Waals surface area contributed by atoms with E-state index in [1.165, 1.54) is 0 Å². The quantitative estimate of drug-likeness (QED) is 0.534. The highest BCUT2D eigenvalue weighted by Crippen LogP contribution is 2.21. The van der Waals surface area contributed by atoms with Gasteiger partial charge in [0.1, 0.15) is 0 Å². The van der Waals surface area contributed by atoms with E-state index in [2.05, 4.69) is 0 Å². The largest absolute Gasteiger partial charge is 0.465 e. The number of hydrogen-bond acceptors (Lipinski definition) is 2. The third-order valence-electron chi connectivity index (χ3n) is 1.95. The van der Waals surface area contributed by atoms with Crippen molar-refractivity contribution in [3.05, 3.63) is 0 Å². The van der Waals surface area contributed by atoms with Gasteiger partial charge in [-0.05, 0) is 20.3 Å². The summed E-state index contributed by atoms with van der Waals surface area (Å²) in [7, 11) is 0.500. The van der Waals surface area contributed by atoms with E-state index in [0.717, 1.165) is 6.42 Å². The molecule has 0 aliphatic carbocycles. The Hall–Kier alpha value is -0.670. The average Bonchev–Trinajstić information content (AvgIpc) is 2.21. The maximum Gasteiger partial charge on any atom is 0.311 e. The van der Waals surface area contributed by atoms with Crippen molar-refractivity contribution in [1.82, 2.24) is 0 Å². The van der Waals surface area contributed by atoms with Crippen LogP contribution < -0.4 is 0 Å². The van der Waals surface area contributed by atoms with E-state index >= 15 is 0 Å². The van der Waals surface area contributed by atoms with Gasteiger partial charge < -0.3 is 4.74 Å². The Morgan fingerprint density at radius 1 is 1.25 bits per heavy atom. The van der Waals surface area contributed by atoms with Crippen LogP contribution in [0, 0.1) is 5.41 Å². The van der Waals surface area contributed by atoms with Crippen molar-refractivity contribution in [3.63, 3.8) is 0 Å². The summed E-state index contributed by atoms with van der Waals surface area (Å²) in [4.78, 5) is 11.2. The van der Waals surface area contributed by atoms with Crippen LogP contribution in [0.5, 0.6) is 0 Å². The van der Waals surface area contributed by atoms with Gasteiger partial charge in [-0.25, -0.2) is 0 Å². The van der Waals surface area contributed by atoms with Crippen LogP contribution in [0.4, 0.5) is 8.78 Å². The van der Waals surface area contributed by atoms with Gasteiger partial charge in [-0.1, -0.05) is 21.8 Å². The molecule has 0 atom stereocenters. The third-order valence-corrected chi connectivity index (χ3v) is 1.95. The minimum atomic E-state index is -0.434. The molecule has 0 bridgehead atoms. The van der Waals surface area contributed by atoms with E-state index in [-0.39, 0.29) is 27.4 Å². The van der Waals surface area contributed by atoms with Gasteiger partial charge in [0.15, 0.2) is 0 Å². The van der Waals surface area contributed by atoms with Crippen molar-refractivity contribution in [3.8, 4) is 0 Å². The Kier molecular flexibility index (Phi) is 22.0. The zero-order valence-corrected chi connectivity index (χ0v) is 9.40. The lowest BCUT2D eigenvalue weighted by Crippen LogP contribution is -2.26. The molecular formula is C12H28F2O2. The summed E-state index contributed by atoms with van der Waals surface area (Å²) < 4.78 is 26.0. The van der Waals surface area contributed by atoms with Crippen LogP contribution in [0.2, 0.25) is 0 Å². The lowest BCUT2D eigenvalue weighted by Gasteiger charge is -2.19. The Labute approximate surface area is 99.4 Å². The van der Waals surface area contributed by atoms with Gasteiger partial charge in [0.2, 0.25) is 0 Å². The molecule has 0 aliphatic heterocycles. The lowest BCUT2D eigenvalue weighted by atomic mass is 9.91. The number of carbonyl (C=O) groups is 1. The van der Waals surface area contributed by atoms with Crippen molar-refractivity contribution in [2.75, 3.05) is 20.5 Å². The molecule has 0 radical (unpaired) electrons. The molecule has 0 aromatic carbocycles. The van der Waals surface area contributed by atoms with E-state index in [9.17, 15) is 13.6 Å². The van der Waals surface area contributed by atoms with E-state index in [0.29, 0.717) is 13.6 Å². The molecule has 0 aliphatic rings. The van der Waals surface area contributed by atoms with Crippen molar-refractivity contribution >= 4 is 5.97 Å². The molecule has 0 fully saturated rings. The summed E-state index contributed by atoms with van der Waals surface area (Å²) >= 11 is 0. The molecule has 0 spiro atoms. The molecule has 0 amide bonds. The van der Waals surface area contributed by atoms with Gasteiger partial charge in [0.25, 0.3) is 0 Å². The molecule has 4 heteroatoms. The van der Waals surface area contributed by atoms with E-state index in [4.69, 9.17) is 4.74 Å². The molecule has 0 rings (SSSR count). The predicted molar refractivity (Wildman–Crippen MR) is 66.1 cm³/mol. The minimum Gasteiger partial charge on any atom is -0.465 e. The van der Waals surface area contributed by atoms with E-state index < -0.39 is 12.1 Å². The Morgan fingerprint density at radius 2 is 1.69 bits per heavy atom. The first-order valence-electron chi connectivity index (χ1n) is 4.65. The second kappa shape index (κ2) is 14.3. The molecule has 0 aromatic heterocycles. The fourth-order valence-electron chi connectivity index (χ4n) is 0.559. The number of carbonyl (C=O) groups excluding carboxylic acids is 1. The number of alkyl halides is 2. The molecule has 0 N–H and O–H groups in total. The zero-order chi connectivity index (χ0) is 11.6. The summed E-state index contributed by atoms with van der Waals surface area (Å²) in [6.07, 6.45) is 1.03. The maximum absolute atomic E-state index is 11.6. The van der Waals surface area contributed by atoms with Gasteiger partial charge in [-0.2, -0.15) is 0 Å². The molecule has 2 nitrogen and oxygen atoms in total. The summed E-state index contributed by atoms with van der Waals surface area (Å²) in [5.41, 5.74) is -0.434. The van der Waals surface area contributed by atoms with Crippen LogP contribution >= 0.6 is 0 Å². The Balaban J connectivity index is -0.000000169. The Bertz CT molecular complexity index is 148. The third kappa shape index (κ3) is 11.4. The smallest absolute Gasteiger partial charge is 0.311 e. The average molecular weight is 242 g/mol. The number of hydrogen-bond donors (Lipinski definition) is 0. The number of esters is 1. The van der Waals surface area contributed by atoms with Crippen molar-refractivity contribution < 1.29 is 18.3 Å². The Morgan fingerprint density at radius 3 is 2.00 bits per heavy atom. The topological polar surface area (TPSA) is 26.3 Å². The highest BCUT2D eigenvalue weighted by molar-refractivity contribution is 5.75. The van der Waals surface area contributed by atoms with Crippen LogP contribution in [0.15, 0.2) is 0 Å². The molecule has 0 saturated carbocycles. The SMILES string of the molecule is C.C.CCC(C)(C)C(=O)OCCCF.CF. The molecular weight excluding hydrogens is 214 g/mol. The number of ether oxygens (including phenoxy) is 1. The summed E-state index contributed by atoms with van der Waals surface area (Å²) in [6.45, 7) is 5.34. The van der Waals surface area contributed by atoms with Crippen molar-refractivity contribution in [2.45, 2.75) is 48.5 Å². The normalized spacial score (nSPS) is 8.88. The van der Waals surface area contributed by atoms with Gasteiger partial charge in [0, 0.05) is 6.42 Å². The van der Waals surface area contributed by atoms with Crippen LogP contribution in [-0.2, 0) is 9.53 Å². The van der Waals surface area contributed by atoms with Crippen LogP contribution in [0.25, 0.3) is 0 Å². The summed E-state index contributed by atoms with van der Waals surface area (Å²) in [6, 6.07) is 0. The fourth-order valence-corrected chi connectivity index (χ4v) is 0.559. The highest BCUT2D eigenvalue weighted by Gasteiger charge is 2.26. The monoisotopic (exact) mass is 242 g/mol. The maximum atomic E-state index is 11.6. The second-order valence-corrected chi connectivity index (χ2v) is 3.42. The van der Waals surface area contributed by atoms with Crippen LogP contribution in [0.3, 0.4) is 0 Å². The van der Waals surface area contributed by atoms with E-state index in [1.807, 2.05) is 20.8 Å². The number of rotatable bonds is 5. The summed E-state index contributed by atoms with van der Waals surface area (Å²) in [5, 5.41) is 0. The molecule has 16 heavy (non-hydrogen) atoms.